The van der Waals surface area contributed by atoms with Crippen molar-refractivity contribution in [2.24, 2.45) is 0 Å². The lowest BCUT2D eigenvalue weighted by molar-refractivity contribution is -0.122. The first-order valence-corrected chi connectivity index (χ1v) is 6.23. The molecule has 3 N–H and O–H groups in total. The summed E-state index contributed by atoms with van der Waals surface area (Å²) < 4.78 is 0. The largest absolute Gasteiger partial charge is 0.384 e. The molecule has 1 rings (SSSR count). The number of nitrogens with zero attached hydrogens (tertiary/aromatic N) is 1. The summed E-state index contributed by atoms with van der Waals surface area (Å²) in [6.45, 7) is 3.58. The lowest BCUT2D eigenvalue weighted by Crippen LogP contribution is -2.45. The number of carbonyl (C=O) groups excluding carboxylic acids is 2. The summed E-state index contributed by atoms with van der Waals surface area (Å²) in [5.41, 5.74) is 0.534. The monoisotopic (exact) mass is 275 g/mol. The van der Waals surface area contributed by atoms with Crippen LogP contribution in [-0.2, 0) is 4.79 Å². The van der Waals surface area contributed by atoms with Crippen molar-refractivity contribution >= 4 is 11.8 Å². The number of hydrogen-bond donors (Lipinski definition) is 3. The summed E-state index contributed by atoms with van der Waals surface area (Å²) in [7, 11) is 0. The van der Waals surface area contributed by atoms with Crippen molar-refractivity contribution in [2.45, 2.75) is 19.9 Å². The van der Waals surface area contributed by atoms with Gasteiger partial charge in [0.1, 0.15) is 18.3 Å². The summed E-state index contributed by atoms with van der Waals surface area (Å²) >= 11 is 0. The van der Waals surface area contributed by atoms with Gasteiger partial charge in [0.25, 0.3) is 5.91 Å². The Morgan fingerprint density at radius 2 is 2.25 bits per heavy atom. The minimum absolute atomic E-state index is 0.129. The zero-order valence-corrected chi connectivity index (χ0v) is 11.4. The molecular formula is C14H17N3O3. The predicted octanol–water partition coefficient (Wildman–Crippen LogP) is -0.320. The Hall–Kier alpha value is -2.39. The maximum Gasteiger partial charge on any atom is 0.271 e. The van der Waals surface area contributed by atoms with Gasteiger partial charge in [0, 0.05) is 12.7 Å². The molecule has 0 saturated heterocycles. The molecule has 0 bridgehead atoms. The van der Waals surface area contributed by atoms with Gasteiger partial charge in [-0.3, -0.25) is 9.59 Å². The fourth-order valence-electron chi connectivity index (χ4n) is 1.48. The van der Waals surface area contributed by atoms with E-state index in [9.17, 15) is 9.59 Å². The Labute approximate surface area is 117 Å². The zero-order chi connectivity index (χ0) is 15.0. The number of nitrogens with one attached hydrogen (secondary N) is 2. The van der Waals surface area contributed by atoms with Crippen LogP contribution >= 0.6 is 0 Å². The zero-order valence-electron chi connectivity index (χ0n) is 11.4. The summed E-state index contributed by atoms with van der Waals surface area (Å²) in [5.74, 6) is 4.37. The van der Waals surface area contributed by atoms with Crippen LogP contribution in [0.1, 0.15) is 29.9 Å². The SMILES string of the molecule is CCNC(=O)C(C)NC(=O)c1ncccc1C#CCO. The van der Waals surface area contributed by atoms with Crippen molar-refractivity contribution in [3.8, 4) is 11.8 Å². The fourth-order valence-corrected chi connectivity index (χ4v) is 1.48. The van der Waals surface area contributed by atoms with Crippen LogP contribution < -0.4 is 10.6 Å². The molecule has 20 heavy (non-hydrogen) atoms. The predicted molar refractivity (Wildman–Crippen MR) is 73.8 cm³/mol. The first kappa shape index (κ1) is 15.7. The number of pyridine rings is 1. The summed E-state index contributed by atoms with van der Waals surface area (Å²) in [6, 6.07) is 2.61. The van der Waals surface area contributed by atoms with Gasteiger partial charge in [0.2, 0.25) is 5.91 Å². The van der Waals surface area contributed by atoms with Crippen LogP contribution in [0.2, 0.25) is 0 Å². The number of likely N-dealkylation sites (N-methyl/N-ethyl adjacent to an activating group) is 1. The van der Waals surface area contributed by atoms with Crippen molar-refractivity contribution in [3.05, 3.63) is 29.6 Å². The Kier molecular flexibility index (Phi) is 6.20. The van der Waals surface area contributed by atoms with Crippen LogP contribution in [0.3, 0.4) is 0 Å². The molecule has 6 nitrogen and oxygen atoms in total. The molecule has 0 aliphatic rings. The van der Waals surface area contributed by atoms with E-state index in [0.29, 0.717) is 12.1 Å². The highest BCUT2D eigenvalue weighted by Gasteiger charge is 2.18. The number of rotatable bonds is 4. The molecule has 1 aromatic rings. The number of aliphatic hydroxyl groups is 1. The molecule has 1 unspecified atom stereocenters. The molecule has 106 valence electrons. The average Bonchev–Trinajstić information content (AvgIpc) is 2.45. The van der Waals surface area contributed by atoms with Crippen LogP contribution in [0.4, 0.5) is 0 Å². The molecule has 0 aliphatic heterocycles. The molecule has 0 radical (unpaired) electrons. The second-order valence-corrected chi connectivity index (χ2v) is 3.95. The van der Waals surface area contributed by atoms with Gasteiger partial charge in [-0.25, -0.2) is 4.98 Å². The Morgan fingerprint density at radius 1 is 1.50 bits per heavy atom. The number of hydrogen-bond acceptors (Lipinski definition) is 4. The Bertz CT molecular complexity index is 546. The fraction of sp³-hybridized carbons (Fsp3) is 0.357. The van der Waals surface area contributed by atoms with E-state index in [2.05, 4.69) is 27.5 Å². The van der Waals surface area contributed by atoms with Crippen molar-refractivity contribution in [2.75, 3.05) is 13.2 Å². The van der Waals surface area contributed by atoms with E-state index < -0.39 is 11.9 Å². The van der Waals surface area contributed by atoms with E-state index >= 15 is 0 Å². The molecule has 0 spiro atoms. The second-order valence-electron chi connectivity index (χ2n) is 3.95. The number of amides is 2. The minimum atomic E-state index is -0.664. The van der Waals surface area contributed by atoms with E-state index in [1.165, 1.54) is 6.20 Å². The van der Waals surface area contributed by atoms with Crippen LogP contribution in [0.15, 0.2) is 18.3 Å². The van der Waals surface area contributed by atoms with Crippen molar-refractivity contribution in [3.63, 3.8) is 0 Å². The van der Waals surface area contributed by atoms with Crippen molar-refractivity contribution in [1.82, 2.24) is 15.6 Å². The van der Waals surface area contributed by atoms with E-state index in [1.807, 2.05) is 0 Å². The Balaban J connectivity index is 2.85. The number of aromatic nitrogens is 1. The summed E-state index contributed by atoms with van der Waals surface area (Å²) in [6.07, 6.45) is 1.47. The molecule has 0 saturated carbocycles. The molecule has 0 aromatic carbocycles. The van der Waals surface area contributed by atoms with Gasteiger partial charge in [0.15, 0.2) is 0 Å². The number of aliphatic hydroxyl groups excluding tert-OH is 1. The third-order valence-corrected chi connectivity index (χ3v) is 2.42. The molecule has 1 atom stereocenters. The van der Waals surface area contributed by atoms with Crippen molar-refractivity contribution < 1.29 is 14.7 Å². The smallest absolute Gasteiger partial charge is 0.271 e. The topological polar surface area (TPSA) is 91.3 Å². The highest BCUT2D eigenvalue weighted by molar-refractivity contribution is 5.97. The molecule has 6 heteroatoms. The quantitative estimate of drug-likeness (QED) is 0.657. The first-order valence-electron chi connectivity index (χ1n) is 6.23. The van der Waals surface area contributed by atoms with E-state index in [1.54, 1.807) is 26.0 Å². The third kappa shape index (κ3) is 4.37. The second kappa shape index (κ2) is 7.92. The molecule has 0 fully saturated rings. The molecule has 1 heterocycles. The highest BCUT2D eigenvalue weighted by atomic mass is 16.2. The van der Waals surface area contributed by atoms with Gasteiger partial charge in [-0.05, 0) is 26.0 Å². The van der Waals surface area contributed by atoms with Crippen LogP contribution in [0.25, 0.3) is 0 Å². The molecule has 2 amide bonds. The van der Waals surface area contributed by atoms with Gasteiger partial charge >= 0.3 is 0 Å². The molecule has 0 aliphatic carbocycles. The molecular weight excluding hydrogens is 258 g/mol. The maximum atomic E-state index is 12.1. The van der Waals surface area contributed by atoms with Gasteiger partial charge in [-0.2, -0.15) is 0 Å². The minimum Gasteiger partial charge on any atom is -0.384 e. The summed E-state index contributed by atoms with van der Waals surface area (Å²) in [4.78, 5) is 27.6. The Morgan fingerprint density at radius 3 is 2.90 bits per heavy atom. The van der Waals surface area contributed by atoms with Crippen LogP contribution in [0.5, 0.6) is 0 Å². The van der Waals surface area contributed by atoms with Crippen molar-refractivity contribution in [1.29, 1.82) is 0 Å². The normalized spacial score (nSPS) is 10.9. The van der Waals surface area contributed by atoms with Gasteiger partial charge in [-0.15, -0.1) is 0 Å². The maximum absolute atomic E-state index is 12.1. The van der Waals surface area contributed by atoms with E-state index in [4.69, 9.17) is 5.11 Å². The lowest BCUT2D eigenvalue weighted by atomic mass is 10.1. The highest BCUT2D eigenvalue weighted by Crippen LogP contribution is 2.04. The summed E-state index contributed by atoms with van der Waals surface area (Å²) in [5, 5.41) is 13.9. The lowest BCUT2D eigenvalue weighted by Gasteiger charge is -2.13. The standard InChI is InChI=1S/C14H17N3O3/c1-3-15-13(19)10(2)17-14(20)12-11(7-5-9-18)6-4-8-16-12/h4,6,8,10,18H,3,9H2,1-2H3,(H,15,19)(H,17,20). The van der Waals surface area contributed by atoms with Gasteiger partial charge < -0.3 is 15.7 Å². The first-order chi connectivity index (χ1) is 9.60. The van der Waals surface area contributed by atoms with E-state index in [-0.39, 0.29) is 18.2 Å². The third-order valence-electron chi connectivity index (χ3n) is 2.42. The molecule has 1 aromatic heterocycles. The van der Waals surface area contributed by atoms with Gasteiger partial charge in [0.05, 0.1) is 5.56 Å². The average molecular weight is 275 g/mol. The van der Waals surface area contributed by atoms with Crippen LogP contribution in [-0.4, -0.2) is 41.1 Å². The number of carbonyl (C=O) groups is 2. The van der Waals surface area contributed by atoms with Gasteiger partial charge in [-0.1, -0.05) is 11.8 Å². The van der Waals surface area contributed by atoms with Crippen LogP contribution in [0, 0.1) is 11.8 Å². The van der Waals surface area contributed by atoms with E-state index in [0.717, 1.165) is 0 Å².